The fourth-order valence-electron chi connectivity index (χ4n) is 5.85. The zero-order valence-electron chi connectivity index (χ0n) is 27.3. The minimum atomic E-state index is -1.35. The number of nitrogen functional groups attached to an aromatic ring is 1. The summed E-state index contributed by atoms with van der Waals surface area (Å²) in [5.41, 5.74) is 12.6. The Balaban J connectivity index is 1.39. The van der Waals surface area contributed by atoms with Crippen LogP contribution >= 0.6 is 0 Å². The lowest BCUT2D eigenvalue weighted by Crippen LogP contribution is -2.40. The first-order valence-corrected chi connectivity index (χ1v) is 15.5. The lowest BCUT2D eigenvalue weighted by atomic mass is 9.98. The number of aliphatic hydroxyl groups excluding tert-OH is 1. The van der Waals surface area contributed by atoms with Crippen LogP contribution in [0.15, 0.2) is 83.9 Å². The van der Waals surface area contributed by atoms with Crippen LogP contribution in [-0.2, 0) is 16.0 Å². The molecule has 0 bridgehead atoms. The van der Waals surface area contributed by atoms with Gasteiger partial charge in [-0.15, -0.1) is 0 Å². The number of fused-ring (bicyclic) bond motifs is 3. The molecule has 0 heterocycles. The third-order valence-corrected chi connectivity index (χ3v) is 8.10. The van der Waals surface area contributed by atoms with E-state index in [1.165, 1.54) is 21.3 Å². The molecule has 11 heteroatoms. The van der Waals surface area contributed by atoms with Crippen molar-refractivity contribution in [1.82, 2.24) is 5.32 Å². The van der Waals surface area contributed by atoms with Gasteiger partial charge in [-0.25, -0.2) is 4.79 Å². The van der Waals surface area contributed by atoms with Crippen LogP contribution in [0.4, 0.5) is 10.5 Å². The van der Waals surface area contributed by atoms with Crippen LogP contribution in [0, 0.1) is 0 Å². The van der Waals surface area contributed by atoms with E-state index in [0.717, 1.165) is 27.8 Å². The number of alkyl carbamates (subject to hydrolysis) is 1. The number of amides is 2. The SMILES string of the molecule is CCOc1ccc(CC(=N[C@@H](CO)C(=O)NC(=O)OCC2c3ccccc3-c3ccccc32)c2cc(OC)c(OC)c(OC)c2)cc1N. The first-order chi connectivity index (χ1) is 23.3. The second-order valence-corrected chi connectivity index (χ2v) is 11.0. The summed E-state index contributed by atoms with van der Waals surface area (Å²) < 4.78 is 27.7. The van der Waals surface area contributed by atoms with Crippen molar-refractivity contribution in [3.8, 4) is 34.1 Å². The molecule has 11 nitrogen and oxygen atoms in total. The summed E-state index contributed by atoms with van der Waals surface area (Å²) in [7, 11) is 4.47. The van der Waals surface area contributed by atoms with Crippen molar-refractivity contribution in [1.29, 1.82) is 0 Å². The van der Waals surface area contributed by atoms with Crippen molar-refractivity contribution in [2.24, 2.45) is 4.99 Å². The maximum absolute atomic E-state index is 13.3. The molecule has 0 radical (unpaired) electrons. The van der Waals surface area contributed by atoms with Crippen molar-refractivity contribution in [3.05, 3.63) is 101 Å². The Hall–Kier alpha value is -5.55. The highest BCUT2D eigenvalue weighted by Crippen LogP contribution is 2.44. The Labute approximate surface area is 279 Å². The lowest BCUT2D eigenvalue weighted by Gasteiger charge is -2.18. The van der Waals surface area contributed by atoms with E-state index in [4.69, 9.17) is 29.4 Å². The zero-order valence-corrected chi connectivity index (χ0v) is 27.3. The van der Waals surface area contributed by atoms with E-state index in [1.54, 1.807) is 24.3 Å². The van der Waals surface area contributed by atoms with Crippen molar-refractivity contribution in [3.63, 3.8) is 0 Å². The predicted octanol–water partition coefficient (Wildman–Crippen LogP) is 5.15. The van der Waals surface area contributed by atoms with Crippen LogP contribution in [0.1, 0.15) is 35.1 Å². The number of benzene rings is 4. The molecule has 4 aromatic carbocycles. The predicted molar refractivity (Wildman–Crippen MR) is 182 cm³/mol. The van der Waals surface area contributed by atoms with E-state index < -0.39 is 24.6 Å². The Morgan fingerprint density at radius 1 is 0.875 bits per heavy atom. The fourth-order valence-corrected chi connectivity index (χ4v) is 5.85. The molecule has 1 atom stereocenters. The third kappa shape index (κ3) is 7.21. The second-order valence-electron chi connectivity index (χ2n) is 11.0. The van der Waals surface area contributed by atoms with E-state index in [1.807, 2.05) is 61.5 Å². The third-order valence-electron chi connectivity index (χ3n) is 8.10. The van der Waals surface area contributed by atoms with Crippen molar-refractivity contribution < 1.29 is 38.4 Å². The van der Waals surface area contributed by atoms with E-state index in [2.05, 4.69) is 10.3 Å². The highest BCUT2D eigenvalue weighted by Gasteiger charge is 2.30. The Morgan fingerprint density at radius 2 is 1.50 bits per heavy atom. The highest BCUT2D eigenvalue weighted by molar-refractivity contribution is 6.05. The molecular formula is C37H39N3O8. The molecule has 0 fully saturated rings. The minimum absolute atomic E-state index is 0.0239. The standard InChI is InChI=1S/C37H39N3O8/c1-5-47-32-15-14-22(16-29(32)38)17-30(23-18-33(44-2)35(46-4)34(19-23)45-3)39-31(20-41)36(42)40-37(43)48-21-28-26-12-8-6-10-24(26)25-11-7-9-13-27(25)28/h6-16,18-19,28,31,41H,5,17,20-21,38H2,1-4H3,(H,40,42,43)/t31-/m0/s1. The van der Waals surface area contributed by atoms with E-state index >= 15 is 0 Å². The summed E-state index contributed by atoms with van der Waals surface area (Å²) in [6, 6.07) is 23.3. The number of nitrogens with two attached hydrogens (primary N) is 1. The number of aliphatic imine (C=N–C) groups is 1. The van der Waals surface area contributed by atoms with Crippen molar-refractivity contribution >= 4 is 23.4 Å². The summed E-state index contributed by atoms with van der Waals surface area (Å²) in [5, 5.41) is 12.5. The minimum Gasteiger partial charge on any atom is -0.493 e. The number of nitrogens with one attached hydrogen (secondary N) is 1. The van der Waals surface area contributed by atoms with Crippen LogP contribution in [0.5, 0.6) is 23.0 Å². The number of imide groups is 1. The molecule has 48 heavy (non-hydrogen) atoms. The van der Waals surface area contributed by atoms with Gasteiger partial charge in [-0.2, -0.15) is 0 Å². The number of nitrogens with zero attached hydrogens (tertiary/aromatic N) is 1. The molecule has 0 aromatic heterocycles. The van der Waals surface area contributed by atoms with Gasteiger partial charge in [-0.05, 0) is 59.0 Å². The van der Waals surface area contributed by atoms with Gasteiger partial charge in [-0.3, -0.25) is 15.1 Å². The Kier molecular flexibility index (Phi) is 10.8. The first kappa shape index (κ1) is 33.8. The van der Waals surface area contributed by atoms with Crippen LogP contribution in [0.2, 0.25) is 0 Å². The van der Waals surface area contributed by atoms with Gasteiger partial charge >= 0.3 is 6.09 Å². The number of ether oxygens (including phenoxy) is 5. The molecule has 2 amide bonds. The van der Waals surface area contributed by atoms with Crippen LogP contribution in [0.3, 0.4) is 0 Å². The first-order valence-electron chi connectivity index (χ1n) is 15.5. The normalized spacial score (nSPS) is 12.8. The monoisotopic (exact) mass is 653 g/mol. The number of aliphatic hydroxyl groups is 1. The molecule has 5 rings (SSSR count). The van der Waals surface area contributed by atoms with Gasteiger partial charge in [0.15, 0.2) is 17.5 Å². The molecule has 0 saturated heterocycles. The van der Waals surface area contributed by atoms with Gasteiger partial charge in [0.1, 0.15) is 12.4 Å². The molecule has 0 unspecified atom stereocenters. The van der Waals surface area contributed by atoms with Gasteiger partial charge in [0.25, 0.3) is 5.91 Å². The highest BCUT2D eigenvalue weighted by atomic mass is 16.6. The number of hydrogen-bond donors (Lipinski definition) is 3. The van der Waals surface area contributed by atoms with Crippen LogP contribution in [0.25, 0.3) is 11.1 Å². The number of methoxy groups -OCH3 is 3. The molecule has 4 N–H and O–H groups in total. The lowest BCUT2D eigenvalue weighted by molar-refractivity contribution is -0.122. The topological polar surface area (TPSA) is 151 Å². The van der Waals surface area contributed by atoms with Crippen LogP contribution < -0.4 is 30.0 Å². The molecule has 250 valence electrons. The number of carbonyl (C=O) groups excluding carboxylic acids is 2. The smallest absolute Gasteiger partial charge is 0.413 e. The molecule has 0 aliphatic heterocycles. The largest absolute Gasteiger partial charge is 0.493 e. The van der Waals surface area contributed by atoms with Gasteiger partial charge in [-0.1, -0.05) is 54.6 Å². The summed E-state index contributed by atoms with van der Waals surface area (Å²) in [5.74, 6) is 0.649. The van der Waals surface area contributed by atoms with Crippen molar-refractivity contribution in [2.75, 3.05) is 46.9 Å². The fraction of sp³-hybridized carbons (Fsp3) is 0.270. The van der Waals surface area contributed by atoms with E-state index in [0.29, 0.717) is 46.6 Å². The zero-order chi connectivity index (χ0) is 34.2. The summed E-state index contributed by atoms with van der Waals surface area (Å²) in [6.07, 6.45) is -0.742. The molecule has 1 aliphatic rings. The molecule has 0 spiro atoms. The average Bonchev–Trinajstić information content (AvgIpc) is 3.42. The second kappa shape index (κ2) is 15.4. The summed E-state index contributed by atoms with van der Waals surface area (Å²) >= 11 is 0. The maximum Gasteiger partial charge on any atom is 0.413 e. The Morgan fingerprint density at radius 3 is 2.04 bits per heavy atom. The number of hydrogen-bond acceptors (Lipinski definition) is 10. The quantitative estimate of drug-likeness (QED) is 0.131. The maximum atomic E-state index is 13.3. The average molecular weight is 654 g/mol. The van der Waals surface area contributed by atoms with E-state index in [9.17, 15) is 14.7 Å². The Bertz CT molecular complexity index is 1750. The number of carbonyl (C=O) groups is 2. The summed E-state index contributed by atoms with van der Waals surface area (Å²) in [4.78, 5) is 30.9. The van der Waals surface area contributed by atoms with Crippen LogP contribution in [-0.4, -0.2) is 70.0 Å². The summed E-state index contributed by atoms with van der Waals surface area (Å²) in [6.45, 7) is 1.67. The van der Waals surface area contributed by atoms with Gasteiger partial charge in [0.2, 0.25) is 5.75 Å². The molecule has 0 saturated carbocycles. The van der Waals surface area contributed by atoms with Gasteiger partial charge < -0.3 is 34.5 Å². The molecule has 4 aromatic rings. The van der Waals surface area contributed by atoms with E-state index in [-0.39, 0.29) is 18.9 Å². The van der Waals surface area contributed by atoms with Gasteiger partial charge in [0, 0.05) is 23.6 Å². The van der Waals surface area contributed by atoms with Gasteiger partial charge in [0.05, 0.1) is 40.2 Å². The molecular weight excluding hydrogens is 614 g/mol. The van der Waals surface area contributed by atoms with Crippen molar-refractivity contribution in [2.45, 2.75) is 25.3 Å². The number of anilines is 1. The number of rotatable bonds is 13. The molecule has 1 aliphatic carbocycles.